The van der Waals surface area contributed by atoms with Gasteiger partial charge in [-0.05, 0) is 37.9 Å². The van der Waals surface area contributed by atoms with Gasteiger partial charge in [-0.1, -0.05) is 5.16 Å². The zero-order chi connectivity index (χ0) is 17.2. The Morgan fingerprint density at radius 2 is 2.36 bits per heavy atom. The fourth-order valence-electron chi connectivity index (χ4n) is 3.50. The fraction of sp³-hybridized carbons (Fsp3) is 0.444. The first-order valence-electron chi connectivity index (χ1n) is 8.59. The molecule has 0 aromatic carbocycles. The topological polar surface area (TPSA) is 80.5 Å². The second-order valence-electron chi connectivity index (χ2n) is 6.61. The van der Waals surface area contributed by atoms with Gasteiger partial charge in [0.2, 0.25) is 0 Å². The van der Waals surface area contributed by atoms with E-state index in [1.165, 1.54) is 0 Å². The summed E-state index contributed by atoms with van der Waals surface area (Å²) in [6.07, 6.45) is 7.58. The number of aryl methyl sites for hydroxylation is 1. The lowest BCUT2D eigenvalue weighted by Gasteiger charge is -2.24. The molecule has 1 saturated heterocycles. The second kappa shape index (κ2) is 6.85. The first-order valence-corrected chi connectivity index (χ1v) is 8.59. The molecule has 25 heavy (non-hydrogen) atoms. The van der Waals surface area contributed by atoms with Crippen molar-refractivity contribution in [1.82, 2.24) is 19.8 Å². The maximum atomic E-state index is 10.3. The number of rotatable bonds is 6. The van der Waals surface area contributed by atoms with Crippen LogP contribution in [0.5, 0.6) is 0 Å². The van der Waals surface area contributed by atoms with Gasteiger partial charge in [0, 0.05) is 30.9 Å². The SMILES string of the molecule is Cn1cc(-c2cc(CN3CCC[C@H]3C[C@@H](O)c3ccco3)on2)cn1. The third-order valence-electron chi connectivity index (χ3n) is 4.78. The molecular formula is C18H22N4O3. The van der Waals surface area contributed by atoms with E-state index in [4.69, 9.17) is 8.94 Å². The van der Waals surface area contributed by atoms with Gasteiger partial charge in [0.05, 0.1) is 19.0 Å². The zero-order valence-corrected chi connectivity index (χ0v) is 14.2. The Labute approximate surface area is 145 Å². The van der Waals surface area contributed by atoms with E-state index in [1.54, 1.807) is 23.2 Å². The van der Waals surface area contributed by atoms with Crippen molar-refractivity contribution in [2.45, 2.75) is 38.0 Å². The molecule has 3 aromatic heterocycles. The molecule has 1 N–H and O–H groups in total. The van der Waals surface area contributed by atoms with Gasteiger partial charge in [-0.2, -0.15) is 5.10 Å². The maximum absolute atomic E-state index is 10.3. The van der Waals surface area contributed by atoms with E-state index in [1.807, 2.05) is 25.4 Å². The van der Waals surface area contributed by atoms with Crippen LogP contribution < -0.4 is 0 Å². The van der Waals surface area contributed by atoms with Gasteiger partial charge in [0.15, 0.2) is 5.76 Å². The van der Waals surface area contributed by atoms with Crippen LogP contribution in [0.3, 0.4) is 0 Å². The summed E-state index contributed by atoms with van der Waals surface area (Å²) in [4.78, 5) is 2.35. The molecule has 7 nitrogen and oxygen atoms in total. The lowest BCUT2D eigenvalue weighted by molar-refractivity contribution is 0.0962. The molecule has 0 radical (unpaired) electrons. The molecule has 1 fully saturated rings. The average Bonchev–Trinajstić information content (AvgIpc) is 3.35. The highest BCUT2D eigenvalue weighted by molar-refractivity contribution is 5.56. The first kappa shape index (κ1) is 16.1. The summed E-state index contributed by atoms with van der Waals surface area (Å²) in [5, 5.41) is 18.7. The number of hydrogen-bond donors (Lipinski definition) is 1. The minimum Gasteiger partial charge on any atom is -0.467 e. The number of aliphatic hydroxyl groups is 1. The van der Waals surface area contributed by atoms with Crippen LogP contribution in [0.2, 0.25) is 0 Å². The van der Waals surface area contributed by atoms with E-state index >= 15 is 0 Å². The van der Waals surface area contributed by atoms with Crippen molar-refractivity contribution in [2.75, 3.05) is 6.54 Å². The van der Waals surface area contributed by atoms with Crippen molar-refractivity contribution in [3.8, 4) is 11.3 Å². The minimum absolute atomic E-state index is 0.312. The molecular weight excluding hydrogens is 320 g/mol. The summed E-state index contributed by atoms with van der Waals surface area (Å²) in [6, 6.07) is 5.90. The lowest BCUT2D eigenvalue weighted by atomic mass is 10.1. The minimum atomic E-state index is -0.568. The molecule has 132 valence electrons. The summed E-state index contributed by atoms with van der Waals surface area (Å²) in [5.41, 5.74) is 1.75. The molecule has 3 aromatic rings. The Bertz CT molecular complexity index is 808. The fourth-order valence-corrected chi connectivity index (χ4v) is 3.50. The van der Waals surface area contributed by atoms with Gasteiger partial charge >= 0.3 is 0 Å². The largest absolute Gasteiger partial charge is 0.467 e. The van der Waals surface area contributed by atoms with E-state index < -0.39 is 6.10 Å². The predicted octanol–water partition coefficient (Wildman–Crippen LogP) is 2.76. The highest BCUT2D eigenvalue weighted by Gasteiger charge is 2.29. The average molecular weight is 342 g/mol. The Kier molecular flexibility index (Phi) is 4.42. The second-order valence-corrected chi connectivity index (χ2v) is 6.61. The van der Waals surface area contributed by atoms with Crippen LogP contribution >= 0.6 is 0 Å². The van der Waals surface area contributed by atoms with Gasteiger partial charge in [-0.25, -0.2) is 0 Å². The third-order valence-corrected chi connectivity index (χ3v) is 4.78. The number of nitrogens with zero attached hydrogens (tertiary/aromatic N) is 4. The molecule has 0 spiro atoms. The molecule has 1 aliphatic heterocycles. The summed E-state index contributed by atoms with van der Waals surface area (Å²) in [5.74, 6) is 1.46. The maximum Gasteiger partial charge on any atom is 0.151 e. The van der Waals surface area contributed by atoms with Crippen LogP contribution in [0.1, 0.15) is 36.9 Å². The van der Waals surface area contributed by atoms with Crippen molar-refractivity contribution in [3.63, 3.8) is 0 Å². The lowest BCUT2D eigenvalue weighted by Crippen LogP contribution is -2.30. The molecule has 2 atom stereocenters. The molecule has 4 rings (SSSR count). The Balaban J connectivity index is 1.40. The van der Waals surface area contributed by atoms with Crippen LogP contribution in [0.4, 0.5) is 0 Å². The Morgan fingerprint density at radius 1 is 1.44 bits per heavy atom. The van der Waals surface area contributed by atoms with Crippen molar-refractivity contribution >= 4 is 0 Å². The van der Waals surface area contributed by atoms with Crippen molar-refractivity contribution in [3.05, 3.63) is 48.4 Å². The van der Waals surface area contributed by atoms with E-state index in [-0.39, 0.29) is 0 Å². The van der Waals surface area contributed by atoms with Crippen LogP contribution in [0, 0.1) is 0 Å². The summed E-state index contributed by atoms with van der Waals surface area (Å²) < 4.78 is 12.6. The first-order chi connectivity index (χ1) is 12.2. The van der Waals surface area contributed by atoms with Crippen LogP contribution in [-0.2, 0) is 13.6 Å². The van der Waals surface area contributed by atoms with Crippen molar-refractivity contribution in [1.29, 1.82) is 0 Å². The highest BCUT2D eigenvalue weighted by Crippen LogP contribution is 2.29. The van der Waals surface area contributed by atoms with Crippen LogP contribution in [0.25, 0.3) is 11.3 Å². The number of aliphatic hydroxyl groups excluding tert-OH is 1. The summed E-state index contributed by atoms with van der Waals surface area (Å²) >= 11 is 0. The van der Waals surface area contributed by atoms with Crippen LogP contribution in [0.15, 0.2) is 45.8 Å². The van der Waals surface area contributed by atoms with E-state index in [2.05, 4.69) is 15.2 Å². The van der Waals surface area contributed by atoms with Gasteiger partial charge in [-0.15, -0.1) is 0 Å². The molecule has 0 unspecified atom stereocenters. The molecule has 0 saturated carbocycles. The molecule has 0 bridgehead atoms. The monoisotopic (exact) mass is 342 g/mol. The van der Waals surface area contributed by atoms with Crippen LogP contribution in [-0.4, -0.2) is 37.5 Å². The number of hydrogen-bond acceptors (Lipinski definition) is 6. The van der Waals surface area contributed by atoms with Gasteiger partial charge in [0.25, 0.3) is 0 Å². The molecule has 0 amide bonds. The van der Waals surface area contributed by atoms with Crippen molar-refractivity contribution < 1.29 is 14.0 Å². The van der Waals surface area contributed by atoms with Gasteiger partial charge in [-0.3, -0.25) is 9.58 Å². The van der Waals surface area contributed by atoms with E-state index in [0.717, 1.165) is 36.4 Å². The van der Waals surface area contributed by atoms with Gasteiger partial charge in [0.1, 0.15) is 17.6 Å². The highest BCUT2D eigenvalue weighted by atomic mass is 16.5. The third kappa shape index (κ3) is 3.52. The van der Waals surface area contributed by atoms with Crippen molar-refractivity contribution in [2.24, 2.45) is 7.05 Å². The van der Waals surface area contributed by atoms with E-state index in [9.17, 15) is 5.11 Å². The molecule has 7 heteroatoms. The number of aromatic nitrogens is 3. The predicted molar refractivity (Wildman–Crippen MR) is 90.4 cm³/mol. The number of likely N-dealkylation sites (tertiary alicyclic amines) is 1. The van der Waals surface area contributed by atoms with E-state index in [0.29, 0.717) is 24.8 Å². The molecule has 4 heterocycles. The smallest absolute Gasteiger partial charge is 0.151 e. The zero-order valence-electron chi connectivity index (χ0n) is 14.2. The molecule has 1 aliphatic rings. The summed E-state index contributed by atoms with van der Waals surface area (Å²) in [6.45, 7) is 1.70. The quantitative estimate of drug-likeness (QED) is 0.742. The standard InChI is InChI=1S/C18H22N4O3/c1-21-11-13(10-19-21)16-9-15(25-20-16)12-22-6-2-4-14(22)8-17(23)18-5-3-7-24-18/h3,5,7,9-11,14,17,23H,2,4,6,8,12H2,1H3/t14-,17+/m0/s1. The molecule has 0 aliphatic carbocycles. The Morgan fingerprint density at radius 3 is 3.12 bits per heavy atom. The van der Waals surface area contributed by atoms with Gasteiger partial charge < -0.3 is 14.0 Å². The summed E-state index contributed by atoms with van der Waals surface area (Å²) in [7, 11) is 1.88. The number of furan rings is 1. The Hall–Kier alpha value is -2.38. The normalized spacial score (nSPS) is 19.5.